The van der Waals surface area contributed by atoms with Crippen LogP contribution in [0.2, 0.25) is 0 Å². The van der Waals surface area contributed by atoms with Crippen molar-refractivity contribution in [2.45, 2.75) is 46.5 Å². The van der Waals surface area contributed by atoms with Crippen LogP contribution in [-0.4, -0.2) is 18.3 Å². The summed E-state index contributed by atoms with van der Waals surface area (Å²) >= 11 is 0. The molecule has 0 aliphatic carbocycles. The van der Waals surface area contributed by atoms with Gasteiger partial charge in [-0.05, 0) is 19.3 Å². The molecule has 0 radical (unpaired) electrons. The molecule has 4 nitrogen and oxygen atoms in total. The summed E-state index contributed by atoms with van der Waals surface area (Å²) in [6, 6.07) is 0. The number of hydrogen-bond acceptors (Lipinski definition) is 2. The van der Waals surface area contributed by atoms with Gasteiger partial charge in [-0.25, -0.2) is 0 Å². The Morgan fingerprint density at radius 2 is 2.13 bits per heavy atom. The van der Waals surface area contributed by atoms with Gasteiger partial charge in [0.25, 0.3) is 0 Å². The van der Waals surface area contributed by atoms with Gasteiger partial charge >= 0.3 is 0 Å². The summed E-state index contributed by atoms with van der Waals surface area (Å²) in [6.45, 7) is 6.80. The van der Waals surface area contributed by atoms with Crippen LogP contribution in [0.4, 0.5) is 0 Å². The fourth-order valence-corrected chi connectivity index (χ4v) is 1.38. The number of amidine groups is 1. The lowest BCUT2D eigenvalue weighted by Gasteiger charge is -2.11. The third kappa shape index (κ3) is 7.97. The average Bonchev–Trinajstić information content (AvgIpc) is 2.17. The molecule has 0 saturated carbocycles. The van der Waals surface area contributed by atoms with Gasteiger partial charge < -0.3 is 11.1 Å². The van der Waals surface area contributed by atoms with Crippen molar-refractivity contribution in [2.75, 3.05) is 6.54 Å². The van der Waals surface area contributed by atoms with Gasteiger partial charge in [-0.15, -0.1) is 0 Å². The first-order valence-electron chi connectivity index (χ1n) is 5.72. The molecule has 88 valence electrons. The average molecular weight is 212 g/mol. The Labute approximate surface area is 92.9 Å². The van der Waals surface area contributed by atoms with E-state index >= 15 is 0 Å². The molecule has 0 saturated heterocycles. The number of nitrogens with one attached hydrogen (secondary N) is 2. The largest absolute Gasteiger partial charge is 0.370 e. The Hall–Kier alpha value is -1.06. The maximum Gasteiger partial charge on any atom is 0.194 e. The third-order valence-corrected chi connectivity index (χ3v) is 2.38. The van der Waals surface area contributed by atoms with Crippen molar-refractivity contribution in [1.82, 2.24) is 5.32 Å². The number of rotatable bonds is 6. The van der Waals surface area contributed by atoms with Gasteiger partial charge in [-0.2, -0.15) is 0 Å². The zero-order valence-corrected chi connectivity index (χ0v) is 10.1. The van der Waals surface area contributed by atoms with Crippen LogP contribution in [0.5, 0.6) is 0 Å². The van der Waals surface area contributed by atoms with E-state index < -0.39 is 0 Å². The third-order valence-electron chi connectivity index (χ3n) is 2.38. The molecule has 0 aliphatic heterocycles. The fraction of sp³-hybridized carbons (Fsp3) is 0.818. The van der Waals surface area contributed by atoms with E-state index in [1.54, 1.807) is 6.92 Å². The van der Waals surface area contributed by atoms with Gasteiger partial charge in [-0.3, -0.25) is 10.4 Å². The van der Waals surface area contributed by atoms with E-state index in [-0.39, 0.29) is 0 Å². The van der Waals surface area contributed by atoms with Crippen LogP contribution in [0, 0.1) is 11.3 Å². The smallest absolute Gasteiger partial charge is 0.194 e. The molecule has 1 atom stereocenters. The predicted molar refractivity (Wildman–Crippen MR) is 66.3 cm³/mol. The Kier molecular flexibility index (Phi) is 7.68. The second-order valence-corrected chi connectivity index (χ2v) is 3.89. The highest BCUT2D eigenvalue weighted by molar-refractivity contribution is 5.96. The van der Waals surface area contributed by atoms with E-state index in [2.05, 4.69) is 24.2 Å². The van der Waals surface area contributed by atoms with Crippen molar-refractivity contribution < 1.29 is 0 Å². The lowest BCUT2D eigenvalue weighted by atomic mass is 10.00. The van der Waals surface area contributed by atoms with Crippen LogP contribution < -0.4 is 11.1 Å². The lowest BCUT2D eigenvalue weighted by molar-refractivity contribution is 0.462. The van der Waals surface area contributed by atoms with Gasteiger partial charge in [-0.1, -0.05) is 33.1 Å². The summed E-state index contributed by atoms with van der Waals surface area (Å²) in [5, 5.41) is 9.88. The molecule has 0 aromatic heterocycles. The van der Waals surface area contributed by atoms with Crippen molar-refractivity contribution in [2.24, 2.45) is 16.6 Å². The van der Waals surface area contributed by atoms with Gasteiger partial charge in [0.15, 0.2) is 5.96 Å². The molecule has 4 heteroatoms. The predicted octanol–water partition coefficient (Wildman–Crippen LogP) is 2.10. The Bertz CT molecular complexity index is 211. The number of nitrogens with two attached hydrogens (primary N) is 1. The van der Waals surface area contributed by atoms with Crippen LogP contribution in [0.3, 0.4) is 0 Å². The lowest BCUT2D eigenvalue weighted by Crippen LogP contribution is -2.35. The molecule has 0 heterocycles. The molecule has 0 rings (SSSR count). The molecule has 0 fully saturated rings. The number of nitrogens with zero attached hydrogens (tertiary/aromatic N) is 1. The second-order valence-electron chi connectivity index (χ2n) is 3.89. The number of aliphatic imine (C=N–C) groups is 1. The van der Waals surface area contributed by atoms with E-state index in [0.717, 1.165) is 13.0 Å². The maximum absolute atomic E-state index is 7.19. The zero-order valence-electron chi connectivity index (χ0n) is 10.1. The highest BCUT2D eigenvalue weighted by atomic mass is 15.1. The van der Waals surface area contributed by atoms with Crippen LogP contribution >= 0.6 is 0 Å². The number of hydrogen-bond donors (Lipinski definition) is 3. The van der Waals surface area contributed by atoms with Crippen LogP contribution in [0.1, 0.15) is 46.5 Å². The minimum Gasteiger partial charge on any atom is -0.370 e. The maximum atomic E-state index is 7.19. The normalized spacial score (nSPS) is 13.7. The van der Waals surface area contributed by atoms with Crippen molar-refractivity contribution in [3.05, 3.63) is 0 Å². The standard InChI is InChI=1S/C11H24N4/c1-4-6-7-10(5-2)8-14-11(13)15-9(3)12/h10H,4-8H2,1-3H3,(H4,12,13,14,15). The van der Waals surface area contributed by atoms with Crippen LogP contribution in [-0.2, 0) is 0 Å². The zero-order chi connectivity index (χ0) is 11.7. The van der Waals surface area contributed by atoms with E-state index in [4.69, 9.17) is 11.1 Å². The second kappa shape index (κ2) is 8.26. The monoisotopic (exact) mass is 212 g/mol. The molecule has 4 N–H and O–H groups in total. The topological polar surface area (TPSA) is 74.3 Å². The van der Waals surface area contributed by atoms with Crippen molar-refractivity contribution in [3.8, 4) is 0 Å². The Morgan fingerprint density at radius 3 is 2.60 bits per heavy atom. The van der Waals surface area contributed by atoms with E-state index in [0.29, 0.717) is 17.7 Å². The summed E-state index contributed by atoms with van der Waals surface area (Å²) in [5.74, 6) is 1.31. The molecular formula is C11H24N4. The summed E-state index contributed by atoms with van der Waals surface area (Å²) in [7, 11) is 0. The summed E-state index contributed by atoms with van der Waals surface area (Å²) < 4.78 is 0. The molecule has 15 heavy (non-hydrogen) atoms. The molecule has 0 aromatic carbocycles. The van der Waals surface area contributed by atoms with Gasteiger partial charge in [0, 0.05) is 6.54 Å². The first-order valence-corrected chi connectivity index (χ1v) is 5.72. The summed E-state index contributed by atoms with van der Waals surface area (Å²) in [5.41, 5.74) is 5.60. The van der Waals surface area contributed by atoms with Gasteiger partial charge in [0.1, 0.15) is 0 Å². The molecular weight excluding hydrogens is 188 g/mol. The van der Waals surface area contributed by atoms with E-state index in [1.165, 1.54) is 19.3 Å². The van der Waals surface area contributed by atoms with Crippen LogP contribution in [0.25, 0.3) is 0 Å². The van der Waals surface area contributed by atoms with Gasteiger partial charge in [0.05, 0.1) is 5.84 Å². The van der Waals surface area contributed by atoms with Crippen molar-refractivity contribution in [3.63, 3.8) is 0 Å². The minimum atomic E-state index is 0.331. The van der Waals surface area contributed by atoms with Crippen LogP contribution in [0.15, 0.2) is 4.99 Å². The number of guanidine groups is 1. The number of unbranched alkanes of at least 4 members (excludes halogenated alkanes) is 1. The van der Waals surface area contributed by atoms with Crippen molar-refractivity contribution in [1.29, 1.82) is 5.41 Å². The molecule has 0 spiro atoms. The first-order chi connectivity index (χ1) is 7.10. The van der Waals surface area contributed by atoms with E-state index in [9.17, 15) is 0 Å². The minimum absolute atomic E-state index is 0.331. The fourth-order valence-electron chi connectivity index (χ4n) is 1.38. The van der Waals surface area contributed by atoms with E-state index in [1.807, 2.05) is 0 Å². The molecule has 1 unspecified atom stereocenters. The van der Waals surface area contributed by atoms with Crippen molar-refractivity contribution >= 4 is 11.8 Å². The SMILES string of the molecule is CCCCC(CC)CN=C(N)NC(C)=N. The molecule has 0 aromatic rings. The summed E-state index contributed by atoms with van der Waals surface area (Å²) in [6.07, 6.45) is 4.84. The highest BCUT2D eigenvalue weighted by Gasteiger charge is 2.04. The summed E-state index contributed by atoms with van der Waals surface area (Å²) in [4.78, 5) is 4.23. The highest BCUT2D eigenvalue weighted by Crippen LogP contribution is 2.12. The first kappa shape index (κ1) is 13.9. The quantitative estimate of drug-likeness (QED) is 0.466. The van der Waals surface area contributed by atoms with Gasteiger partial charge in [0.2, 0.25) is 0 Å². The molecule has 0 aliphatic rings. The Balaban J connectivity index is 3.90. The Morgan fingerprint density at radius 1 is 1.47 bits per heavy atom. The molecule has 0 amide bonds. The molecule has 0 bridgehead atoms.